The van der Waals surface area contributed by atoms with Crippen molar-refractivity contribution in [3.8, 4) is 0 Å². The van der Waals surface area contributed by atoms with Crippen molar-refractivity contribution in [1.82, 2.24) is 0 Å². The van der Waals surface area contributed by atoms with Gasteiger partial charge in [-0.05, 0) is 34.1 Å². The quantitative estimate of drug-likeness (QED) is 0.651. The summed E-state index contributed by atoms with van der Waals surface area (Å²) in [4.78, 5) is 0. The van der Waals surface area contributed by atoms with Crippen LogP contribution in [0, 0.1) is 5.92 Å². The molecule has 2 rings (SSSR count). The summed E-state index contributed by atoms with van der Waals surface area (Å²) in [5, 5.41) is 0. The minimum absolute atomic E-state index is 0.125. The van der Waals surface area contributed by atoms with E-state index >= 15 is 0 Å². The molecule has 0 spiro atoms. The Morgan fingerprint density at radius 1 is 1.06 bits per heavy atom. The fourth-order valence-corrected chi connectivity index (χ4v) is 1.96. The van der Waals surface area contributed by atoms with Crippen LogP contribution in [0.1, 0.15) is 34.1 Å². The van der Waals surface area contributed by atoms with E-state index in [0.717, 1.165) is 0 Å². The highest BCUT2D eigenvalue weighted by Crippen LogP contribution is 2.59. The van der Waals surface area contributed by atoms with Gasteiger partial charge in [0.05, 0.1) is 17.1 Å². The van der Waals surface area contributed by atoms with Gasteiger partial charge < -0.3 is 9.31 Å². The second-order valence-corrected chi connectivity index (χ2v) is 5.67. The highest BCUT2D eigenvalue weighted by Gasteiger charge is 2.66. The predicted molar refractivity (Wildman–Crippen MR) is 54.0 cm³/mol. The van der Waals surface area contributed by atoms with E-state index in [-0.39, 0.29) is 6.42 Å². The molecule has 2 unspecified atom stereocenters. The number of halogens is 3. The van der Waals surface area contributed by atoms with Crippen molar-refractivity contribution >= 4 is 7.12 Å². The van der Waals surface area contributed by atoms with Crippen LogP contribution in [-0.2, 0) is 9.31 Å². The summed E-state index contributed by atoms with van der Waals surface area (Å²) in [6, 6.07) is 0. The van der Waals surface area contributed by atoms with E-state index in [4.69, 9.17) is 9.31 Å². The average Bonchev–Trinajstić information content (AvgIpc) is 2.73. The van der Waals surface area contributed by atoms with Crippen LogP contribution < -0.4 is 0 Å². The topological polar surface area (TPSA) is 18.5 Å². The van der Waals surface area contributed by atoms with Gasteiger partial charge in [-0.15, -0.1) is 0 Å². The maximum Gasteiger partial charge on any atom is 0.461 e. The zero-order chi connectivity index (χ0) is 12.4. The largest absolute Gasteiger partial charge is 0.461 e. The van der Waals surface area contributed by atoms with E-state index in [2.05, 4.69) is 0 Å². The van der Waals surface area contributed by atoms with Gasteiger partial charge in [0.25, 0.3) is 0 Å². The lowest BCUT2D eigenvalue weighted by atomic mass is 9.80. The van der Waals surface area contributed by atoms with Crippen LogP contribution in [0.15, 0.2) is 0 Å². The molecule has 1 heterocycles. The average molecular weight is 236 g/mol. The van der Waals surface area contributed by atoms with Gasteiger partial charge in [0.1, 0.15) is 0 Å². The normalized spacial score (nSPS) is 36.6. The van der Waals surface area contributed by atoms with Gasteiger partial charge in [-0.1, -0.05) is 0 Å². The summed E-state index contributed by atoms with van der Waals surface area (Å²) in [6.07, 6.45) is -3.99. The van der Waals surface area contributed by atoms with Crippen LogP contribution in [0.5, 0.6) is 0 Å². The maximum atomic E-state index is 12.4. The van der Waals surface area contributed by atoms with Crippen LogP contribution in [0.4, 0.5) is 13.2 Å². The lowest BCUT2D eigenvalue weighted by Crippen LogP contribution is -2.41. The van der Waals surface area contributed by atoms with Crippen molar-refractivity contribution in [1.29, 1.82) is 0 Å². The molecule has 0 radical (unpaired) electrons. The number of hydrogen-bond acceptors (Lipinski definition) is 2. The van der Waals surface area contributed by atoms with Gasteiger partial charge in [0.2, 0.25) is 0 Å². The molecule has 2 aliphatic rings. The van der Waals surface area contributed by atoms with Crippen molar-refractivity contribution < 1.29 is 22.5 Å². The van der Waals surface area contributed by atoms with Crippen molar-refractivity contribution in [2.24, 2.45) is 5.92 Å². The fourth-order valence-electron chi connectivity index (χ4n) is 1.96. The van der Waals surface area contributed by atoms with E-state index in [9.17, 15) is 13.2 Å². The molecule has 2 nitrogen and oxygen atoms in total. The zero-order valence-electron chi connectivity index (χ0n) is 9.89. The third kappa shape index (κ3) is 1.86. The van der Waals surface area contributed by atoms with Crippen LogP contribution in [0.25, 0.3) is 0 Å². The van der Waals surface area contributed by atoms with Gasteiger partial charge in [0.15, 0.2) is 0 Å². The van der Waals surface area contributed by atoms with E-state index < -0.39 is 36.2 Å². The third-order valence-corrected chi connectivity index (χ3v) is 3.88. The molecule has 0 N–H and O–H groups in total. The zero-order valence-corrected chi connectivity index (χ0v) is 9.89. The summed E-state index contributed by atoms with van der Waals surface area (Å²) in [5.74, 6) is -1.77. The lowest BCUT2D eigenvalue weighted by Gasteiger charge is -2.32. The lowest BCUT2D eigenvalue weighted by molar-refractivity contribution is -0.147. The summed E-state index contributed by atoms with van der Waals surface area (Å²) in [6.45, 7) is 7.38. The molecule has 0 amide bonds. The second kappa shape index (κ2) is 3.16. The molecule has 1 aliphatic heterocycles. The Hall–Kier alpha value is -0.225. The first-order valence-electron chi connectivity index (χ1n) is 5.47. The Labute approximate surface area is 93.6 Å². The van der Waals surface area contributed by atoms with Gasteiger partial charge in [-0.25, -0.2) is 0 Å². The number of alkyl halides is 3. The minimum Gasteiger partial charge on any atom is -0.403 e. The molecule has 16 heavy (non-hydrogen) atoms. The van der Waals surface area contributed by atoms with Crippen LogP contribution in [0.3, 0.4) is 0 Å². The van der Waals surface area contributed by atoms with E-state index in [1.54, 1.807) is 0 Å². The van der Waals surface area contributed by atoms with E-state index in [1.807, 2.05) is 27.7 Å². The summed E-state index contributed by atoms with van der Waals surface area (Å²) in [5.41, 5.74) is -1.09. The second-order valence-electron chi connectivity index (χ2n) is 5.67. The van der Waals surface area contributed by atoms with Gasteiger partial charge in [0, 0.05) is 5.82 Å². The third-order valence-electron chi connectivity index (χ3n) is 3.88. The van der Waals surface area contributed by atoms with Crippen LogP contribution in [-0.4, -0.2) is 24.5 Å². The molecule has 0 bridgehead atoms. The van der Waals surface area contributed by atoms with Gasteiger partial charge in [-0.3, -0.25) is 0 Å². The van der Waals surface area contributed by atoms with Crippen LogP contribution >= 0.6 is 0 Å². The maximum absolute atomic E-state index is 12.4. The Kier molecular flexibility index (Phi) is 2.42. The molecule has 0 aromatic rings. The number of rotatable bonds is 1. The highest BCUT2D eigenvalue weighted by molar-refractivity contribution is 6.48. The Morgan fingerprint density at radius 2 is 1.50 bits per heavy atom. The molecule has 0 aromatic carbocycles. The molecule has 92 valence electrons. The molecule has 2 atom stereocenters. The van der Waals surface area contributed by atoms with E-state index in [1.165, 1.54) is 0 Å². The smallest absolute Gasteiger partial charge is 0.403 e. The molecule has 1 saturated carbocycles. The molecular formula is C10H16BF3O2. The molecule has 6 heteroatoms. The summed E-state index contributed by atoms with van der Waals surface area (Å²) >= 11 is 0. The molecule has 0 aromatic heterocycles. The van der Waals surface area contributed by atoms with Crippen LogP contribution in [0.2, 0.25) is 5.82 Å². The Balaban J connectivity index is 2.02. The molecule has 1 saturated heterocycles. The van der Waals surface area contributed by atoms with Gasteiger partial charge >= 0.3 is 13.3 Å². The van der Waals surface area contributed by atoms with E-state index in [0.29, 0.717) is 0 Å². The molecular weight excluding hydrogens is 220 g/mol. The molecule has 2 fully saturated rings. The highest BCUT2D eigenvalue weighted by atomic mass is 19.4. The minimum atomic E-state index is -4.12. The molecule has 1 aliphatic carbocycles. The Bertz CT molecular complexity index is 285. The monoisotopic (exact) mass is 236 g/mol. The van der Waals surface area contributed by atoms with Crippen molar-refractivity contribution in [2.45, 2.75) is 57.3 Å². The predicted octanol–water partition coefficient (Wildman–Crippen LogP) is 3.03. The first-order valence-corrected chi connectivity index (χ1v) is 5.47. The van der Waals surface area contributed by atoms with Crippen molar-refractivity contribution in [3.05, 3.63) is 0 Å². The summed E-state index contributed by atoms with van der Waals surface area (Å²) in [7, 11) is -0.711. The first kappa shape index (κ1) is 12.2. The van der Waals surface area contributed by atoms with Gasteiger partial charge in [-0.2, -0.15) is 13.2 Å². The Morgan fingerprint density at radius 3 is 1.81 bits per heavy atom. The number of hydrogen-bond donors (Lipinski definition) is 0. The fraction of sp³-hybridized carbons (Fsp3) is 1.00. The summed E-state index contributed by atoms with van der Waals surface area (Å²) < 4.78 is 48.4. The first-order chi connectivity index (χ1) is 7.05. The SMILES string of the molecule is CC1(C)OB(C2CC2C(F)(F)F)OC1(C)C. The van der Waals surface area contributed by atoms with Crippen molar-refractivity contribution in [3.63, 3.8) is 0 Å². The van der Waals surface area contributed by atoms with Crippen molar-refractivity contribution in [2.75, 3.05) is 0 Å². The standard InChI is InChI=1S/C10H16BF3O2/c1-8(2)9(3,4)16-11(15-8)7-5-6(7)10(12,13)14/h6-7H,5H2,1-4H3.